The van der Waals surface area contributed by atoms with Crippen LogP contribution in [0.25, 0.3) is 0 Å². The van der Waals surface area contributed by atoms with Crippen molar-refractivity contribution in [2.24, 2.45) is 0 Å². The Morgan fingerprint density at radius 1 is 1.29 bits per heavy atom. The number of hydrogen-bond acceptors (Lipinski definition) is 2. The fourth-order valence-electron chi connectivity index (χ4n) is 1.47. The highest BCUT2D eigenvalue weighted by Crippen LogP contribution is 2.22. The summed E-state index contributed by atoms with van der Waals surface area (Å²) in [7, 11) is 0. The van der Waals surface area contributed by atoms with Crippen molar-refractivity contribution in [1.82, 2.24) is 0 Å². The highest BCUT2D eigenvalue weighted by Gasteiger charge is 2.04. The molecular formula is C12H16O2. The summed E-state index contributed by atoms with van der Waals surface area (Å²) in [5.74, 6) is 0.916. The van der Waals surface area contributed by atoms with Gasteiger partial charge in [-0.25, -0.2) is 0 Å². The quantitative estimate of drug-likeness (QED) is 0.685. The minimum atomic E-state index is 0.485. The number of ether oxygens (including phenoxy) is 1. The molecule has 0 aliphatic rings. The molecule has 0 N–H and O–H groups in total. The lowest BCUT2D eigenvalue weighted by Gasteiger charge is -2.10. The van der Waals surface area contributed by atoms with E-state index in [1.807, 2.05) is 32.9 Å². The average molecular weight is 192 g/mol. The first-order valence-electron chi connectivity index (χ1n) is 4.85. The molecular weight excluding hydrogens is 176 g/mol. The minimum Gasteiger partial charge on any atom is -0.494 e. The number of rotatable bonds is 4. The Hall–Kier alpha value is -1.31. The van der Waals surface area contributed by atoms with Gasteiger partial charge in [0.15, 0.2) is 0 Å². The molecule has 1 aromatic carbocycles. The standard InChI is InChI=1S/C12H16O2/c1-4-14-12-8-9(2)11(5-6-13)7-10(12)3/h6-8H,4-5H2,1-3H3. The molecule has 2 nitrogen and oxygen atoms in total. The molecule has 0 fully saturated rings. The summed E-state index contributed by atoms with van der Waals surface area (Å²) >= 11 is 0. The van der Waals surface area contributed by atoms with Crippen LogP contribution < -0.4 is 4.74 Å². The van der Waals surface area contributed by atoms with Gasteiger partial charge in [0.25, 0.3) is 0 Å². The molecule has 0 aliphatic heterocycles. The Kier molecular flexibility index (Phi) is 3.69. The van der Waals surface area contributed by atoms with Gasteiger partial charge in [0.1, 0.15) is 12.0 Å². The molecule has 0 unspecified atom stereocenters. The highest BCUT2D eigenvalue weighted by atomic mass is 16.5. The van der Waals surface area contributed by atoms with Gasteiger partial charge < -0.3 is 9.53 Å². The number of carbonyl (C=O) groups excluding carboxylic acids is 1. The zero-order valence-corrected chi connectivity index (χ0v) is 8.96. The molecule has 0 saturated carbocycles. The second-order valence-corrected chi connectivity index (χ2v) is 3.35. The normalized spacial score (nSPS) is 9.93. The van der Waals surface area contributed by atoms with Crippen molar-refractivity contribution in [1.29, 1.82) is 0 Å². The fraction of sp³-hybridized carbons (Fsp3) is 0.417. The van der Waals surface area contributed by atoms with Crippen LogP contribution in [0.1, 0.15) is 23.6 Å². The zero-order valence-electron chi connectivity index (χ0n) is 8.96. The lowest BCUT2D eigenvalue weighted by atomic mass is 10.0. The summed E-state index contributed by atoms with van der Waals surface area (Å²) in [4.78, 5) is 10.4. The van der Waals surface area contributed by atoms with Gasteiger partial charge >= 0.3 is 0 Å². The molecule has 1 aromatic rings. The predicted octanol–water partition coefficient (Wildman–Crippen LogP) is 2.44. The number of benzene rings is 1. The van der Waals surface area contributed by atoms with Crippen molar-refractivity contribution < 1.29 is 9.53 Å². The highest BCUT2D eigenvalue weighted by molar-refractivity contribution is 5.57. The Balaban J connectivity index is 3.03. The molecule has 0 aliphatic carbocycles. The zero-order chi connectivity index (χ0) is 10.6. The second kappa shape index (κ2) is 4.80. The van der Waals surface area contributed by atoms with E-state index in [9.17, 15) is 4.79 Å². The van der Waals surface area contributed by atoms with Crippen molar-refractivity contribution >= 4 is 6.29 Å². The second-order valence-electron chi connectivity index (χ2n) is 3.35. The number of aldehydes is 1. The van der Waals surface area contributed by atoms with Gasteiger partial charge in [0.2, 0.25) is 0 Å². The Morgan fingerprint density at radius 2 is 2.00 bits per heavy atom. The molecule has 0 saturated heterocycles. The van der Waals surface area contributed by atoms with E-state index < -0.39 is 0 Å². The van der Waals surface area contributed by atoms with Gasteiger partial charge in [0.05, 0.1) is 6.61 Å². The van der Waals surface area contributed by atoms with Crippen LogP contribution in [0.2, 0.25) is 0 Å². The lowest BCUT2D eigenvalue weighted by molar-refractivity contribution is -0.107. The summed E-state index contributed by atoms with van der Waals surface area (Å²) < 4.78 is 5.46. The maximum absolute atomic E-state index is 10.4. The maximum atomic E-state index is 10.4. The minimum absolute atomic E-state index is 0.485. The molecule has 0 radical (unpaired) electrons. The van der Waals surface area contributed by atoms with Crippen LogP contribution in [-0.4, -0.2) is 12.9 Å². The van der Waals surface area contributed by atoms with E-state index >= 15 is 0 Å². The Morgan fingerprint density at radius 3 is 2.57 bits per heavy atom. The first kappa shape index (κ1) is 10.8. The molecule has 0 bridgehead atoms. The molecule has 0 spiro atoms. The Bertz CT molecular complexity index is 329. The van der Waals surface area contributed by atoms with Crippen LogP contribution in [0.15, 0.2) is 12.1 Å². The van der Waals surface area contributed by atoms with E-state index in [0.717, 1.165) is 28.7 Å². The van der Waals surface area contributed by atoms with Gasteiger partial charge in [-0.1, -0.05) is 6.07 Å². The van der Waals surface area contributed by atoms with Crippen LogP contribution in [0, 0.1) is 13.8 Å². The van der Waals surface area contributed by atoms with E-state index in [1.165, 1.54) is 0 Å². The molecule has 0 atom stereocenters. The molecule has 0 aromatic heterocycles. The van der Waals surface area contributed by atoms with E-state index in [2.05, 4.69) is 0 Å². The van der Waals surface area contributed by atoms with E-state index in [0.29, 0.717) is 13.0 Å². The smallest absolute Gasteiger partial charge is 0.124 e. The summed E-state index contributed by atoms with van der Waals surface area (Å²) in [5.41, 5.74) is 3.29. The third-order valence-electron chi connectivity index (χ3n) is 2.24. The van der Waals surface area contributed by atoms with Crippen molar-refractivity contribution in [3.05, 3.63) is 28.8 Å². The van der Waals surface area contributed by atoms with Crippen LogP contribution in [-0.2, 0) is 11.2 Å². The van der Waals surface area contributed by atoms with Gasteiger partial charge in [-0.3, -0.25) is 0 Å². The maximum Gasteiger partial charge on any atom is 0.124 e. The third-order valence-corrected chi connectivity index (χ3v) is 2.24. The largest absolute Gasteiger partial charge is 0.494 e. The molecule has 2 heteroatoms. The van der Waals surface area contributed by atoms with E-state index in [1.54, 1.807) is 0 Å². The Labute approximate surface area is 84.9 Å². The lowest BCUT2D eigenvalue weighted by Crippen LogP contribution is -1.98. The summed E-state index contributed by atoms with van der Waals surface area (Å²) in [6, 6.07) is 4.02. The predicted molar refractivity (Wildman–Crippen MR) is 56.9 cm³/mol. The first-order valence-corrected chi connectivity index (χ1v) is 4.85. The van der Waals surface area contributed by atoms with Crippen LogP contribution in [0.5, 0.6) is 5.75 Å². The van der Waals surface area contributed by atoms with Crippen molar-refractivity contribution in [3.8, 4) is 5.75 Å². The molecule has 76 valence electrons. The van der Waals surface area contributed by atoms with Crippen LogP contribution in [0.4, 0.5) is 0 Å². The number of carbonyl (C=O) groups is 1. The molecule has 14 heavy (non-hydrogen) atoms. The molecule has 0 amide bonds. The van der Waals surface area contributed by atoms with Gasteiger partial charge in [-0.15, -0.1) is 0 Å². The van der Waals surface area contributed by atoms with Gasteiger partial charge in [0, 0.05) is 6.42 Å². The van der Waals surface area contributed by atoms with Gasteiger partial charge in [-0.05, 0) is 43.5 Å². The topological polar surface area (TPSA) is 26.3 Å². The monoisotopic (exact) mass is 192 g/mol. The van der Waals surface area contributed by atoms with E-state index in [-0.39, 0.29) is 0 Å². The summed E-state index contributed by atoms with van der Waals surface area (Å²) in [6.45, 7) is 6.64. The van der Waals surface area contributed by atoms with Gasteiger partial charge in [-0.2, -0.15) is 0 Å². The van der Waals surface area contributed by atoms with Crippen molar-refractivity contribution in [2.45, 2.75) is 27.2 Å². The van der Waals surface area contributed by atoms with Crippen LogP contribution >= 0.6 is 0 Å². The van der Waals surface area contributed by atoms with E-state index in [4.69, 9.17) is 4.74 Å². The first-order chi connectivity index (χ1) is 6.69. The summed E-state index contributed by atoms with van der Waals surface area (Å²) in [6.07, 6.45) is 1.42. The molecule has 1 rings (SSSR count). The average Bonchev–Trinajstić information content (AvgIpc) is 2.14. The van der Waals surface area contributed by atoms with Crippen molar-refractivity contribution in [3.63, 3.8) is 0 Å². The van der Waals surface area contributed by atoms with Crippen molar-refractivity contribution in [2.75, 3.05) is 6.61 Å². The molecule has 0 heterocycles. The number of hydrogen-bond donors (Lipinski definition) is 0. The van der Waals surface area contributed by atoms with Crippen LogP contribution in [0.3, 0.4) is 0 Å². The fourth-order valence-corrected chi connectivity index (χ4v) is 1.47. The summed E-state index contributed by atoms with van der Waals surface area (Å²) in [5, 5.41) is 0. The SMILES string of the molecule is CCOc1cc(C)c(CC=O)cc1C. The number of aryl methyl sites for hydroxylation is 2. The third kappa shape index (κ3) is 2.34.